The Morgan fingerprint density at radius 2 is 2.02 bits per heavy atom. The van der Waals surface area contributed by atoms with Gasteiger partial charge in [-0.05, 0) is 49.6 Å². The van der Waals surface area contributed by atoms with Gasteiger partial charge >= 0.3 is 0 Å². The molecule has 0 N–H and O–H groups in total. The van der Waals surface area contributed by atoms with Crippen molar-refractivity contribution in [2.24, 2.45) is 5.92 Å². The van der Waals surface area contributed by atoms with Gasteiger partial charge in [0, 0.05) is 30.4 Å². The van der Waals surface area contributed by atoms with E-state index < -0.39 is 0 Å². The van der Waals surface area contributed by atoms with Crippen LogP contribution < -0.4 is 9.64 Å². The summed E-state index contributed by atoms with van der Waals surface area (Å²) in [7, 11) is 0. The lowest BCUT2D eigenvalue weighted by molar-refractivity contribution is 0.0260. The van der Waals surface area contributed by atoms with Crippen molar-refractivity contribution in [2.45, 2.75) is 58.2 Å². The minimum atomic E-state index is -0.0888. The van der Waals surface area contributed by atoms with Gasteiger partial charge in [-0.15, -0.1) is 6.58 Å². The summed E-state index contributed by atoms with van der Waals surface area (Å²) in [6, 6.07) is 15.6. The molecule has 1 unspecified atom stereocenters. The number of aryl methyl sites for hydroxylation is 2. The Morgan fingerprint density at radius 1 is 1.15 bits per heavy atom. The van der Waals surface area contributed by atoms with Crippen LogP contribution >= 0.6 is 0 Å². The average Bonchev–Trinajstić information content (AvgIpc) is 3.65. The number of para-hydroxylation sites is 1. The molecular formula is C32H35N5O3. The monoisotopic (exact) mass is 537 g/mol. The zero-order chi connectivity index (χ0) is 27.4. The molecule has 2 aromatic carbocycles. The molecule has 0 aliphatic carbocycles. The molecular weight excluding hydrogens is 502 g/mol. The first-order chi connectivity index (χ1) is 19.5. The first kappa shape index (κ1) is 25.1. The van der Waals surface area contributed by atoms with Gasteiger partial charge in [-0.25, -0.2) is 9.97 Å². The Hall–Kier alpha value is -3.91. The second-order valence-corrected chi connectivity index (χ2v) is 11.2. The summed E-state index contributed by atoms with van der Waals surface area (Å²) in [5.74, 6) is 1.86. The van der Waals surface area contributed by atoms with Crippen LogP contribution in [-0.2, 0) is 11.2 Å². The molecule has 4 atom stereocenters. The number of hydrogen-bond donors (Lipinski definition) is 0. The molecule has 40 heavy (non-hydrogen) atoms. The fraction of sp³-hybridized carbons (Fsp3) is 0.406. The highest BCUT2D eigenvalue weighted by atomic mass is 16.5. The van der Waals surface area contributed by atoms with Crippen molar-refractivity contribution in [3.05, 3.63) is 66.5 Å². The van der Waals surface area contributed by atoms with E-state index in [1.54, 1.807) is 0 Å². The molecule has 0 saturated carbocycles. The van der Waals surface area contributed by atoms with E-state index >= 15 is 0 Å². The number of anilines is 1. The van der Waals surface area contributed by atoms with Gasteiger partial charge in [-0.2, -0.15) is 4.98 Å². The molecule has 8 heteroatoms. The molecule has 206 valence electrons. The standard InChI is InChI=1S/C32H35N5O3/c1-5-21-11-12-27-25(15-21)35-32(37(27)26-13-14-38-18-19(26)3)39-23-16-22(6-2)36(17-23)31-30-29(33-20(4)34-31)24-9-7-8-10-28(24)40-30/h6-12,15,19,22-23,26H,2,5,13-14,16-18H2,1,3-4H3/t19-,22+,23-,26?/m0/s1. The maximum atomic E-state index is 6.80. The summed E-state index contributed by atoms with van der Waals surface area (Å²) >= 11 is 0. The number of imidazole rings is 1. The van der Waals surface area contributed by atoms with Crippen molar-refractivity contribution in [3.8, 4) is 6.01 Å². The van der Waals surface area contributed by atoms with Gasteiger partial charge in [-0.3, -0.25) is 4.57 Å². The molecule has 0 radical (unpaired) electrons. The molecule has 2 aliphatic rings. The van der Waals surface area contributed by atoms with E-state index in [4.69, 9.17) is 28.8 Å². The van der Waals surface area contributed by atoms with Gasteiger partial charge in [0.2, 0.25) is 0 Å². The molecule has 2 fully saturated rings. The van der Waals surface area contributed by atoms with Gasteiger partial charge < -0.3 is 18.8 Å². The SMILES string of the molecule is C=C[C@@H]1C[C@H](Oc2nc3cc(CC)ccc3n2C2CCOC[C@@H]2C)CN1c1nc(C)nc2c1oc1ccccc12. The van der Waals surface area contributed by atoms with Crippen LogP contribution in [0.4, 0.5) is 5.82 Å². The predicted molar refractivity (Wildman–Crippen MR) is 157 cm³/mol. The molecule has 7 rings (SSSR count). The van der Waals surface area contributed by atoms with Crippen LogP contribution in [0.15, 0.2) is 59.5 Å². The number of nitrogens with zero attached hydrogens (tertiary/aromatic N) is 5. The highest BCUT2D eigenvalue weighted by Gasteiger charge is 2.37. The van der Waals surface area contributed by atoms with Crippen LogP contribution in [0.1, 0.15) is 44.1 Å². The zero-order valence-electron chi connectivity index (χ0n) is 23.3. The molecule has 0 bridgehead atoms. The third-order valence-corrected chi connectivity index (χ3v) is 8.49. The zero-order valence-corrected chi connectivity index (χ0v) is 23.3. The minimum absolute atomic E-state index is 0.0437. The van der Waals surface area contributed by atoms with Crippen LogP contribution in [0.3, 0.4) is 0 Å². The summed E-state index contributed by atoms with van der Waals surface area (Å²) in [6.45, 7) is 12.6. The molecule has 8 nitrogen and oxygen atoms in total. The summed E-state index contributed by atoms with van der Waals surface area (Å²) in [5.41, 5.74) is 5.74. The molecule has 2 saturated heterocycles. The number of ether oxygens (including phenoxy) is 2. The van der Waals surface area contributed by atoms with Gasteiger partial charge in [0.25, 0.3) is 6.01 Å². The lowest BCUT2D eigenvalue weighted by Gasteiger charge is -2.31. The first-order valence-electron chi connectivity index (χ1n) is 14.3. The summed E-state index contributed by atoms with van der Waals surface area (Å²) in [5, 5.41) is 0.997. The number of furan rings is 1. The average molecular weight is 538 g/mol. The van der Waals surface area contributed by atoms with Gasteiger partial charge in [-0.1, -0.05) is 38.1 Å². The van der Waals surface area contributed by atoms with Crippen LogP contribution in [0.2, 0.25) is 0 Å². The Morgan fingerprint density at radius 3 is 2.85 bits per heavy atom. The Labute approximate surface area is 233 Å². The van der Waals surface area contributed by atoms with Crippen molar-refractivity contribution in [1.82, 2.24) is 19.5 Å². The number of fused-ring (bicyclic) bond motifs is 4. The van der Waals surface area contributed by atoms with Crippen LogP contribution in [0.5, 0.6) is 6.01 Å². The van der Waals surface area contributed by atoms with Crippen LogP contribution in [0, 0.1) is 12.8 Å². The lowest BCUT2D eigenvalue weighted by atomic mass is 9.97. The fourth-order valence-corrected chi connectivity index (χ4v) is 6.41. The second kappa shape index (κ2) is 9.93. The molecule has 5 aromatic rings. The van der Waals surface area contributed by atoms with Crippen LogP contribution in [0.25, 0.3) is 33.1 Å². The molecule has 3 aromatic heterocycles. The largest absolute Gasteiger partial charge is 0.459 e. The number of rotatable bonds is 6. The molecule has 0 amide bonds. The maximum absolute atomic E-state index is 6.80. The van der Waals surface area contributed by atoms with Gasteiger partial charge in [0.05, 0.1) is 30.2 Å². The van der Waals surface area contributed by atoms with E-state index in [-0.39, 0.29) is 18.2 Å². The third kappa shape index (κ3) is 4.13. The maximum Gasteiger partial charge on any atom is 0.297 e. The Kier molecular flexibility index (Phi) is 6.23. The summed E-state index contributed by atoms with van der Waals surface area (Å²) < 4.78 is 21.2. The lowest BCUT2D eigenvalue weighted by Crippen LogP contribution is -2.31. The van der Waals surface area contributed by atoms with Gasteiger partial charge in [0.15, 0.2) is 11.4 Å². The highest BCUT2D eigenvalue weighted by Crippen LogP contribution is 2.39. The molecule has 5 heterocycles. The third-order valence-electron chi connectivity index (χ3n) is 8.49. The van der Waals surface area contributed by atoms with E-state index in [9.17, 15) is 0 Å². The van der Waals surface area contributed by atoms with Crippen molar-refractivity contribution >= 4 is 38.9 Å². The number of hydrogen-bond acceptors (Lipinski definition) is 7. The smallest absolute Gasteiger partial charge is 0.297 e. The quantitative estimate of drug-likeness (QED) is 0.232. The van der Waals surface area contributed by atoms with Crippen LogP contribution in [-0.4, -0.2) is 51.4 Å². The van der Waals surface area contributed by atoms with E-state index in [1.807, 2.05) is 37.3 Å². The molecule has 2 aliphatic heterocycles. The summed E-state index contributed by atoms with van der Waals surface area (Å²) in [6.07, 6.45) is 4.58. The second-order valence-electron chi connectivity index (χ2n) is 11.2. The van der Waals surface area contributed by atoms with Gasteiger partial charge in [0.1, 0.15) is 23.0 Å². The van der Waals surface area contributed by atoms with E-state index in [0.29, 0.717) is 29.9 Å². The van der Waals surface area contributed by atoms with Crippen molar-refractivity contribution < 1.29 is 13.9 Å². The van der Waals surface area contributed by atoms with E-state index in [1.165, 1.54) is 5.56 Å². The Bertz CT molecular complexity index is 1720. The van der Waals surface area contributed by atoms with E-state index in [0.717, 1.165) is 65.8 Å². The topological polar surface area (TPSA) is 78.4 Å². The summed E-state index contributed by atoms with van der Waals surface area (Å²) in [4.78, 5) is 16.9. The van der Waals surface area contributed by atoms with Crippen molar-refractivity contribution in [2.75, 3.05) is 24.7 Å². The highest BCUT2D eigenvalue weighted by molar-refractivity contribution is 6.05. The first-order valence-corrected chi connectivity index (χ1v) is 14.3. The molecule has 0 spiro atoms. The Balaban J connectivity index is 1.26. The number of benzene rings is 2. The minimum Gasteiger partial charge on any atom is -0.459 e. The van der Waals surface area contributed by atoms with Crippen molar-refractivity contribution in [1.29, 1.82) is 0 Å². The van der Waals surface area contributed by atoms with Crippen molar-refractivity contribution in [3.63, 3.8) is 0 Å². The number of aromatic nitrogens is 4. The fourth-order valence-electron chi connectivity index (χ4n) is 6.41. The van der Waals surface area contributed by atoms with E-state index in [2.05, 4.69) is 48.1 Å². The normalized spacial score (nSPS) is 23.4. The predicted octanol–water partition coefficient (Wildman–Crippen LogP) is 6.41.